The third-order valence-corrected chi connectivity index (χ3v) is 5.51. The number of hydrogen-bond acceptors (Lipinski definition) is 4. The summed E-state index contributed by atoms with van der Waals surface area (Å²) >= 11 is 0. The Morgan fingerprint density at radius 2 is 1.84 bits per heavy atom. The van der Waals surface area contributed by atoms with E-state index in [1.807, 2.05) is 32.0 Å². The van der Waals surface area contributed by atoms with Gasteiger partial charge in [-0.15, -0.1) is 0 Å². The predicted molar refractivity (Wildman–Crippen MR) is 123 cm³/mol. The highest BCUT2D eigenvalue weighted by atomic mass is 19.1. The van der Waals surface area contributed by atoms with Crippen LogP contribution in [0.25, 0.3) is 0 Å². The van der Waals surface area contributed by atoms with Crippen LogP contribution in [-0.2, 0) is 9.59 Å². The van der Waals surface area contributed by atoms with Gasteiger partial charge in [-0.2, -0.15) is 0 Å². The van der Waals surface area contributed by atoms with Crippen LogP contribution in [0.1, 0.15) is 28.7 Å². The number of aromatic nitrogens is 1. The first-order valence-corrected chi connectivity index (χ1v) is 10.3. The maximum absolute atomic E-state index is 13.6. The Labute approximate surface area is 185 Å². The number of nitrogens with zero attached hydrogens (tertiary/aromatic N) is 3. The lowest BCUT2D eigenvalue weighted by molar-refractivity contribution is -0.120. The highest BCUT2D eigenvalue weighted by molar-refractivity contribution is 6.18. The smallest absolute Gasteiger partial charge is 0.244 e. The lowest BCUT2D eigenvalue weighted by Crippen LogP contribution is -2.39. The standard InChI is InChI=1S/C25H23FN4O2/c1-15-6-8-18(11-17(15)3)22-13-24(32)30(25-20(28-22)5-4-10-27-25)14-23(31)29-21-12-19(26)9-7-16(21)2/h4-12H,13-14H2,1-3H3,(H,29,31). The van der Waals surface area contributed by atoms with E-state index >= 15 is 0 Å². The molecule has 4 rings (SSSR count). The van der Waals surface area contributed by atoms with E-state index in [1.165, 1.54) is 17.0 Å². The number of pyridine rings is 1. The number of amides is 2. The van der Waals surface area contributed by atoms with Gasteiger partial charge in [0.2, 0.25) is 11.8 Å². The third-order valence-electron chi connectivity index (χ3n) is 5.51. The summed E-state index contributed by atoms with van der Waals surface area (Å²) in [6, 6.07) is 13.6. The molecule has 1 aliphatic rings. The van der Waals surface area contributed by atoms with Gasteiger partial charge in [-0.1, -0.05) is 18.2 Å². The average Bonchev–Trinajstić information content (AvgIpc) is 2.89. The van der Waals surface area contributed by atoms with Crippen molar-refractivity contribution in [3.05, 3.63) is 82.8 Å². The van der Waals surface area contributed by atoms with E-state index in [2.05, 4.69) is 10.3 Å². The lowest BCUT2D eigenvalue weighted by atomic mass is 10.0. The van der Waals surface area contributed by atoms with Gasteiger partial charge in [-0.05, 0) is 73.4 Å². The Hall–Kier alpha value is -3.87. The number of hydrogen-bond donors (Lipinski definition) is 1. The summed E-state index contributed by atoms with van der Waals surface area (Å²) in [4.78, 5) is 36.3. The number of carbonyl (C=O) groups is 2. The molecule has 162 valence electrons. The highest BCUT2D eigenvalue weighted by Gasteiger charge is 2.28. The fraction of sp³-hybridized carbons (Fsp3) is 0.200. The molecule has 0 saturated heterocycles. The van der Waals surface area contributed by atoms with Crippen molar-refractivity contribution in [3.8, 4) is 0 Å². The van der Waals surface area contributed by atoms with Crippen molar-refractivity contribution in [1.29, 1.82) is 0 Å². The van der Waals surface area contributed by atoms with Gasteiger partial charge in [0, 0.05) is 11.9 Å². The molecule has 0 saturated carbocycles. The largest absolute Gasteiger partial charge is 0.324 e. The van der Waals surface area contributed by atoms with Crippen LogP contribution in [0.15, 0.2) is 59.7 Å². The summed E-state index contributed by atoms with van der Waals surface area (Å²) in [7, 11) is 0. The second-order valence-electron chi connectivity index (χ2n) is 7.87. The molecule has 0 atom stereocenters. The molecule has 2 aromatic carbocycles. The molecule has 3 aromatic rings. The van der Waals surface area contributed by atoms with Crippen molar-refractivity contribution in [2.75, 3.05) is 16.8 Å². The first-order valence-electron chi connectivity index (χ1n) is 10.3. The van der Waals surface area contributed by atoms with Crippen LogP contribution < -0.4 is 10.2 Å². The molecule has 32 heavy (non-hydrogen) atoms. The number of benzene rings is 2. The van der Waals surface area contributed by atoms with Crippen LogP contribution >= 0.6 is 0 Å². The second-order valence-corrected chi connectivity index (χ2v) is 7.87. The van der Waals surface area contributed by atoms with Crippen LogP contribution in [0.4, 0.5) is 21.6 Å². The summed E-state index contributed by atoms with van der Waals surface area (Å²) in [6.07, 6.45) is 1.59. The van der Waals surface area contributed by atoms with Crippen LogP contribution in [0.5, 0.6) is 0 Å². The highest BCUT2D eigenvalue weighted by Crippen LogP contribution is 2.31. The molecular weight excluding hydrogens is 407 g/mol. The molecule has 1 N–H and O–H groups in total. The van der Waals surface area contributed by atoms with Crippen molar-refractivity contribution < 1.29 is 14.0 Å². The van der Waals surface area contributed by atoms with E-state index in [0.717, 1.165) is 22.3 Å². The fourth-order valence-corrected chi connectivity index (χ4v) is 3.54. The average molecular weight is 430 g/mol. The van der Waals surface area contributed by atoms with Crippen LogP contribution in [0, 0.1) is 26.6 Å². The lowest BCUT2D eigenvalue weighted by Gasteiger charge is -2.21. The zero-order valence-electron chi connectivity index (χ0n) is 18.1. The van der Waals surface area contributed by atoms with Crippen molar-refractivity contribution in [2.45, 2.75) is 27.2 Å². The van der Waals surface area contributed by atoms with E-state index in [9.17, 15) is 14.0 Å². The normalized spacial score (nSPS) is 13.3. The zero-order valence-corrected chi connectivity index (χ0v) is 18.1. The number of anilines is 2. The van der Waals surface area contributed by atoms with Crippen LogP contribution in [0.2, 0.25) is 0 Å². The Balaban J connectivity index is 1.63. The number of aryl methyl sites for hydroxylation is 3. The minimum Gasteiger partial charge on any atom is -0.324 e. The molecule has 2 amide bonds. The van der Waals surface area contributed by atoms with Gasteiger partial charge in [0.05, 0.1) is 12.1 Å². The quantitative estimate of drug-likeness (QED) is 0.655. The molecule has 0 aliphatic carbocycles. The number of carbonyl (C=O) groups excluding carboxylic acids is 2. The topological polar surface area (TPSA) is 74.7 Å². The fourth-order valence-electron chi connectivity index (χ4n) is 3.54. The van der Waals surface area contributed by atoms with Crippen molar-refractivity contribution >= 4 is 34.7 Å². The number of fused-ring (bicyclic) bond motifs is 1. The molecule has 0 radical (unpaired) electrons. The predicted octanol–water partition coefficient (Wildman–Crippen LogP) is 4.64. The molecule has 7 heteroatoms. The maximum atomic E-state index is 13.6. The molecule has 2 heterocycles. The Kier molecular flexibility index (Phi) is 5.81. The summed E-state index contributed by atoms with van der Waals surface area (Å²) in [6.45, 7) is 5.55. The van der Waals surface area contributed by atoms with Crippen molar-refractivity contribution in [2.24, 2.45) is 4.99 Å². The second kappa shape index (κ2) is 8.70. The van der Waals surface area contributed by atoms with Gasteiger partial charge in [0.1, 0.15) is 18.0 Å². The van der Waals surface area contributed by atoms with E-state index in [1.54, 1.807) is 31.3 Å². The molecule has 0 fully saturated rings. The van der Waals surface area contributed by atoms with E-state index in [-0.39, 0.29) is 18.9 Å². The first-order chi connectivity index (χ1) is 15.3. The number of aliphatic imine (C=N–C) groups is 1. The monoisotopic (exact) mass is 430 g/mol. The van der Waals surface area contributed by atoms with E-state index in [4.69, 9.17) is 4.99 Å². The molecule has 1 aliphatic heterocycles. The molecule has 0 spiro atoms. The van der Waals surface area contributed by atoms with Gasteiger partial charge in [0.15, 0.2) is 5.82 Å². The molecule has 0 bridgehead atoms. The maximum Gasteiger partial charge on any atom is 0.244 e. The molecule has 0 unspecified atom stereocenters. The Morgan fingerprint density at radius 3 is 2.62 bits per heavy atom. The number of rotatable bonds is 4. The molecule has 1 aromatic heterocycles. The van der Waals surface area contributed by atoms with E-state index < -0.39 is 11.7 Å². The van der Waals surface area contributed by atoms with Gasteiger partial charge >= 0.3 is 0 Å². The Bertz CT molecular complexity index is 1250. The summed E-state index contributed by atoms with van der Waals surface area (Å²) in [5, 5.41) is 2.69. The van der Waals surface area contributed by atoms with Gasteiger partial charge in [-0.3, -0.25) is 14.5 Å². The minimum atomic E-state index is -0.449. The van der Waals surface area contributed by atoms with Crippen LogP contribution in [0.3, 0.4) is 0 Å². The van der Waals surface area contributed by atoms with Gasteiger partial charge in [-0.25, -0.2) is 14.4 Å². The first kappa shape index (κ1) is 21.4. The Morgan fingerprint density at radius 1 is 1.06 bits per heavy atom. The third kappa shape index (κ3) is 4.42. The molecular formula is C25H23FN4O2. The van der Waals surface area contributed by atoms with Crippen LogP contribution in [-0.4, -0.2) is 29.1 Å². The SMILES string of the molecule is Cc1ccc(C2=Nc3cccnc3N(CC(=O)Nc3cc(F)ccc3C)C(=O)C2)cc1C. The zero-order chi connectivity index (χ0) is 22.8. The van der Waals surface area contributed by atoms with Crippen molar-refractivity contribution in [1.82, 2.24) is 4.98 Å². The van der Waals surface area contributed by atoms with Gasteiger partial charge < -0.3 is 5.32 Å². The number of halogens is 1. The molecule has 6 nitrogen and oxygen atoms in total. The van der Waals surface area contributed by atoms with Crippen molar-refractivity contribution in [3.63, 3.8) is 0 Å². The van der Waals surface area contributed by atoms with Gasteiger partial charge in [0.25, 0.3) is 0 Å². The summed E-state index contributed by atoms with van der Waals surface area (Å²) in [5.41, 5.74) is 5.35. The number of nitrogens with one attached hydrogen (secondary N) is 1. The van der Waals surface area contributed by atoms with E-state index in [0.29, 0.717) is 22.9 Å². The summed E-state index contributed by atoms with van der Waals surface area (Å²) in [5.74, 6) is -0.860. The summed E-state index contributed by atoms with van der Waals surface area (Å²) < 4.78 is 13.6. The minimum absolute atomic E-state index is 0.0329.